The van der Waals surface area contributed by atoms with Gasteiger partial charge in [-0.15, -0.1) is 0 Å². The van der Waals surface area contributed by atoms with Crippen LogP contribution in [0.15, 0.2) is 53.5 Å². The van der Waals surface area contributed by atoms with Gasteiger partial charge in [0, 0.05) is 11.7 Å². The molecule has 32 heavy (non-hydrogen) atoms. The molecular weight excluding hydrogens is 416 g/mol. The average Bonchev–Trinajstić information content (AvgIpc) is 2.77. The topological polar surface area (TPSA) is 135 Å². The number of rotatable bonds is 4. The van der Waals surface area contributed by atoms with E-state index in [0.29, 0.717) is 16.6 Å². The fourth-order valence-corrected chi connectivity index (χ4v) is 3.47. The Labute approximate surface area is 180 Å². The number of nitrogens with two attached hydrogens (primary N) is 2. The van der Waals surface area contributed by atoms with E-state index in [-0.39, 0.29) is 28.7 Å². The molecule has 10 heteroatoms. The Hall–Kier alpha value is -4.52. The van der Waals surface area contributed by atoms with E-state index >= 15 is 0 Å². The van der Waals surface area contributed by atoms with E-state index in [2.05, 4.69) is 15.3 Å². The summed E-state index contributed by atoms with van der Waals surface area (Å²) in [6.07, 6.45) is 1.09. The number of benzene rings is 1. The molecule has 5 N–H and O–H groups in total. The van der Waals surface area contributed by atoms with Gasteiger partial charge in [-0.2, -0.15) is 15.2 Å². The summed E-state index contributed by atoms with van der Waals surface area (Å²) >= 11 is 0. The highest BCUT2D eigenvalue weighted by Gasteiger charge is 2.20. The minimum Gasteiger partial charge on any atom is -0.393 e. The molecule has 0 bridgehead atoms. The number of hydrogen-bond donors (Lipinski definition) is 3. The lowest BCUT2D eigenvalue weighted by molar-refractivity contribution is 0.618. The molecule has 0 aliphatic rings. The van der Waals surface area contributed by atoms with Gasteiger partial charge in [-0.05, 0) is 48.4 Å². The predicted octanol–water partition coefficient (Wildman–Crippen LogP) is 3.24. The van der Waals surface area contributed by atoms with Crippen LogP contribution in [0.2, 0.25) is 0 Å². The van der Waals surface area contributed by atoms with Gasteiger partial charge in [-0.1, -0.05) is 12.1 Å². The second-order valence-corrected chi connectivity index (χ2v) is 7.10. The van der Waals surface area contributed by atoms with Crippen molar-refractivity contribution in [3.05, 3.63) is 81.9 Å². The number of nitriles is 1. The molecule has 0 aliphatic carbocycles. The largest absolute Gasteiger partial charge is 0.393 e. The van der Waals surface area contributed by atoms with Crippen LogP contribution in [0.4, 0.5) is 26.2 Å². The van der Waals surface area contributed by atoms with E-state index in [1.807, 2.05) is 6.07 Å². The molecule has 3 aromatic heterocycles. The molecule has 0 aliphatic heterocycles. The molecule has 4 rings (SSSR count). The van der Waals surface area contributed by atoms with Crippen molar-refractivity contribution in [2.24, 2.45) is 0 Å². The van der Waals surface area contributed by atoms with Crippen LogP contribution < -0.4 is 22.3 Å². The fourth-order valence-electron chi connectivity index (χ4n) is 3.47. The lowest BCUT2D eigenvalue weighted by Crippen LogP contribution is -2.22. The first kappa shape index (κ1) is 20.7. The number of fused-ring (bicyclic) bond motifs is 1. The number of anilines is 3. The van der Waals surface area contributed by atoms with Crippen molar-refractivity contribution < 1.29 is 8.78 Å². The third kappa shape index (κ3) is 3.67. The van der Waals surface area contributed by atoms with Crippen molar-refractivity contribution >= 4 is 23.0 Å². The van der Waals surface area contributed by atoms with Gasteiger partial charge in [-0.25, -0.2) is 8.78 Å². The molecule has 4 aromatic rings. The maximum Gasteiger partial charge on any atom is 0.263 e. The van der Waals surface area contributed by atoms with Gasteiger partial charge in [0.15, 0.2) is 11.5 Å². The Kier molecular flexibility index (Phi) is 5.16. The van der Waals surface area contributed by atoms with Gasteiger partial charge < -0.3 is 16.8 Å². The van der Waals surface area contributed by atoms with Gasteiger partial charge in [-0.3, -0.25) is 9.20 Å². The summed E-state index contributed by atoms with van der Waals surface area (Å²) in [6.45, 7) is 1.76. The van der Waals surface area contributed by atoms with Crippen molar-refractivity contribution in [2.75, 3.05) is 16.8 Å². The third-order valence-electron chi connectivity index (χ3n) is 4.99. The maximum atomic E-state index is 13.8. The van der Waals surface area contributed by atoms with Crippen LogP contribution in [0.3, 0.4) is 0 Å². The first-order valence-electron chi connectivity index (χ1n) is 9.49. The molecule has 0 radical (unpaired) electrons. The summed E-state index contributed by atoms with van der Waals surface area (Å²) in [7, 11) is 0. The Morgan fingerprint density at radius 1 is 1.09 bits per heavy atom. The number of hydrogen-bond acceptors (Lipinski definition) is 7. The molecule has 1 unspecified atom stereocenters. The number of nitrogen functional groups attached to an aromatic ring is 2. The molecule has 8 nitrogen and oxygen atoms in total. The normalized spacial score (nSPS) is 11.8. The number of nitrogens with zero attached hydrogens (tertiary/aromatic N) is 4. The van der Waals surface area contributed by atoms with Crippen LogP contribution in [0, 0.1) is 23.0 Å². The van der Waals surface area contributed by atoms with E-state index in [9.17, 15) is 18.8 Å². The van der Waals surface area contributed by atoms with E-state index in [4.69, 9.17) is 11.5 Å². The third-order valence-corrected chi connectivity index (χ3v) is 4.99. The minimum atomic E-state index is -0.572. The SMILES string of the molecule is CC(Nc1nc(N)nc(C#N)c1N)c1cc2ccc(F)cn2c(=O)c1-c1ccc(F)cc1. The van der Waals surface area contributed by atoms with Gasteiger partial charge in [0.25, 0.3) is 5.56 Å². The highest BCUT2D eigenvalue weighted by Crippen LogP contribution is 2.31. The number of halogens is 2. The smallest absolute Gasteiger partial charge is 0.263 e. The van der Waals surface area contributed by atoms with Gasteiger partial charge in [0.2, 0.25) is 5.95 Å². The lowest BCUT2D eigenvalue weighted by atomic mass is 9.96. The number of nitrogens with one attached hydrogen (secondary N) is 1. The summed E-state index contributed by atoms with van der Waals surface area (Å²) in [4.78, 5) is 21.2. The summed E-state index contributed by atoms with van der Waals surface area (Å²) in [5, 5.41) is 12.3. The number of aromatic nitrogens is 3. The standard InChI is InChI=1S/C22H17F2N7O/c1-11(28-20-19(26)17(9-25)29-22(27)30-20)16-8-15-7-6-14(24)10-31(15)21(32)18(16)12-2-4-13(23)5-3-12/h2-8,10-11H,26H2,1H3,(H3,27,28,29,30). The quantitative estimate of drug-likeness (QED) is 0.450. The second kappa shape index (κ2) is 7.96. The Morgan fingerprint density at radius 3 is 2.47 bits per heavy atom. The van der Waals surface area contributed by atoms with Crippen LogP contribution >= 0.6 is 0 Å². The molecule has 160 valence electrons. The first-order valence-corrected chi connectivity index (χ1v) is 9.49. The van der Waals surface area contributed by atoms with Crippen molar-refractivity contribution in [2.45, 2.75) is 13.0 Å². The Morgan fingerprint density at radius 2 is 1.78 bits per heavy atom. The zero-order valence-corrected chi connectivity index (χ0v) is 16.8. The number of pyridine rings is 2. The summed E-state index contributed by atoms with van der Waals surface area (Å²) in [5.74, 6) is -1.04. The molecule has 1 aromatic carbocycles. The Bertz CT molecular complexity index is 1440. The highest BCUT2D eigenvalue weighted by atomic mass is 19.1. The molecular formula is C22H17F2N7O. The highest BCUT2D eigenvalue weighted by molar-refractivity contribution is 5.73. The molecule has 0 amide bonds. The van der Waals surface area contributed by atoms with E-state index in [0.717, 1.165) is 6.20 Å². The van der Waals surface area contributed by atoms with Crippen molar-refractivity contribution in [1.82, 2.24) is 14.4 Å². The monoisotopic (exact) mass is 433 g/mol. The van der Waals surface area contributed by atoms with Gasteiger partial charge in [0.05, 0.1) is 11.6 Å². The van der Waals surface area contributed by atoms with E-state index < -0.39 is 23.2 Å². The second-order valence-electron chi connectivity index (χ2n) is 7.10. The summed E-state index contributed by atoms with van der Waals surface area (Å²) in [6, 6.07) is 11.1. The van der Waals surface area contributed by atoms with Crippen molar-refractivity contribution in [3.8, 4) is 17.2 Å². The first-order chi connectivity index (χ1) is 15.3. The minimum absolute atomic E-state index is 0.0106. The molecule has 0 saturated heterocycles. The predicted molar refractivity (Wildman–Crippen MR) is 117 cm³/mol. The van der Waals surface area contributed by atoms with Crippen LogP contribution in [0.5, 0.6) is 0 Å². The summed E-state index contributed by atoms with van der Waals surface area (Å²) in [5.41, 5.74) is 12.8. The van der Waals surface area contributed by atoms with E-state index in [1.165, 1.54) is 40.8 Å². The lowest BCUT2D eigenvalue weighted by Gasteiger charge is -2.20. The van der Waals surface area contributed by atoms with Crippen LogP contribution in [-0.2, 0) is 0 Å². The van der Waals surface area contributed by atoms with Gasteiger partial charge in [0.1, 0.15) is 23.4 Å². The molecule has 3 heterocycles. The van der Waals surface area contributed by atoms with Crippen molar-refractivity contribution in [3.63, 3.8) is 0 Å². The van der Waals surface area contributed by atoms with Gasteiger partial charge >= 0.3 is 0 Å². The van der Waals surface area contributed by atoms with Crippen molar-refractivity contribution in [1.29, 1.82) is 5.26 Å². The van der Waals surface area contributed by atoms with Crippen LogP contribution in [-0.4, -0.2) is 14.4 Å². The average molecular weight is 433 g/mol. The molecule has 0 saturated carbocycles. The molecule has 0 spiro atoms. The summed E-state index contributed by atoms with van der Waals surface area (Å²) < 4.78 is 28.5. The van der Waals surface area contributed by atoms with Crippen LogP contribution in [0.25, 0.3) is 16.6 Å². The zero-order valence-electron chi connectivity index (χ0n) is 16.8. The van der Waals surface area contributed by atoms with E-state index in [1.54, 1.807) is 13.0 Å². The molecule has 1 atom stereocenters. The maximum absolute atomic E-state index is 13.8. The zero-order chi connectivity index (χ0) is 23.0. The van der Waals surface area contributed by atoms with Crippen LogP contribution in [0.1, 0.15) is 24.2 Å². The Balaban J connectivity index is 1.91. The fraction of sp³-hybridized carbons (Fsp3) is 0.0909. The molecule has 0 fully saturated rings.